The molecule has 2 rings (SSSR count). The smallest absolute Gasteiger partial charge is 0.121 e. The molecule has 0 aliphatic carbocycles. The van der Waals surface area contributed by atoms with Crippen LogP contribution in [0.25, 0.3) is 0 Å². The molecular weight excluding hydrogens is 258 g/mol. The van der Waals surface area contributed by atoms with Crippen molar-refractivity contribution in [2.24, 2.45) is 11.7 Å². The van der Waals surface area contributed by atoms with E-state index in [2.05, 4.69) is 44.2 Å². The molecule has 0 saturated carbocycles. The molecule has 2 N–H and O–H groups in total. The molecule has 0 radical (unpaired) electrons. The summed E-state index contributed by atoms with van der Waals surface area (Å²) in [5.41, 5.74) is 11.2. The molecular formula is C19H25NO. The largest absolute Gasteiger partial charge is 0.496 e. The topological polar surface area (TPSA) is 35.2 Å². The van der Waals surface area contributed by atoms with Crippen LogP contribution in [-0.2, 0) is 6.42 Å². The number of rotatable bonds is 5. The van der Waals surface area contributed by atoms with Crippen LogP contribution in [-0.4, -0.2) is 7.11 Å². The zero-order valence-corrected chi connectivity index (χ0v) is 13.4. The second kappa shape index (κ2) is 6.77. The lowest BCUT2D eigenvalue weighted by atomic mass is 9.94. The van der Waals surface area contributed by atoms with Crippen molar-refractivity contribution in [2.75, 3.05) is 7.11 Å². The van der Waals surface area contributed by atoms with Crippen molar-refractivity contribution in [3.05, 3.63) is 64.7 Å². The third kappa shape index (κ3) is 3.85. The highest BCUT2D eigenvalue weighted by molar-refractivity contribution is 5.41. The lowest BCUT2D eigenvalue weighted by Crippen LogP contribution is -2.12. The van der Waals surface area contributed by atoms with E-state index in [9.17, 15) is 0 Å². The second-order valence-electron chi connectivity index (χ2n) is 6.05. The summed E-state index contributed by atoms with van der Waals surface area (Å²) in [5.74, 6) is 1.55. The lowest BCUT2D eigenvalue weighted by molar-refractivity contribution is 0.411. The normalized spacial score (nSPS) is 12.5. The molecule has 2 heteroatoms. The zero-order chi connectivity index (χ0) is 15.4. The summed E-state index contributed by atoms with van der Waals surface area (Å²) in [7, 11) is 1.69. The van der Waals surface area contributed by atoms with Crippen molar-refractivity contribution in [2.45, 2.75) is 33.2 Å². The van der Waals surface area contributed by atoms with Crippen molar-refractivity contribution in [3.8, 4) is 5.75 Å². The van der Waals surface area contributed by atoms with Gasteiger partial charge < -0.3 is 10.5 Å². The van der Waals surface area contributed by atoms with Crippen molar-refractivity contribution in [1.29, 1.82) is 0 Å². The molecule has 0 fully saturated rings. The van der Waals surface area contributed by atoms with Crippen LogP contribution in [0.2, 0.25) is 0 Å². The van der Waals surface area contributed by atoms with Gasteiger partial charge in [-0.2, -0.15) is 0 Å². The minimum Gasteiger partial charge on any atom is -0.496 e. The quantitative estimate of drug-likeness (QED) is 0.890. The Bertz CT molecular complexity index is 604. The SMILES string of the molecule is COc1ccc(C(N)c2cccc(CC(C)C)c2)cc1C. The molecule has 112 valence electrons. The van der Waals surface area contributed by atoms with Gasteiger partial charge in [-0.1, -0.05) is 50.2 Å². The van der Waals surface area contributed by atoms with E-state index in [1.54, 1.807) is 7.11 Å². The van der Waals surface area contributed by atoms with Crippen LogP contribution < -0.4 is 10.5 Å². The fraction of sp³-hybridized carbons (Fsp3) is 0.368. The molecule has 2 nitrogen and oxygen atoms in total. The first-order chi connectivity index (χ1) is 10.0. The molecule has 0 aliphatic rings. The molecule has 0 aliphatic heterocycles. The molecule has 2 aromatic rings. The van der Waals surface area contributed by atoms with E-state index >= 15 is 0 Å². The maximum Gasteiger partial charge on any atom is 0.121 e. The molecule has 0 bridgehead atoms. The van der Waals surface area contributed by atoms with E-state index in [-0.39, 0.29) is 6.04 Å². The minimum absolute atomic E-state index is 0.0956. The first-order valence-corrected chi connectivity index (χ1v) is 7.50. The Kier molecular flexibility index (Phi) is 5.03. The zero-order valence-electron chi connectivity index (χ0n) is 13.4. The highest BCUT2D eigenvalue weighted by Gasteiger charge is 2.11. The first-order valence-electron chi connectivity index (χ1n) is 7.50. The van der Waals surface area contributed by atoms with Gasteiger partial charge in [-0.3, -0.25) is 0 Å². The molecule has 1 unspecified atom stereocenters. The van der Waals surface area contributed by atoms with Crippen molar-refractivity contribution in [1.82, 2.24) is 0 Å². The number of methoxy groups -OCH3 is 1. The molecule has 0 heterocycles. The average molecular weight is 283 g/mol. The van der Waals surface area contributed by atoms with Gasteiger partial charge in [-0.15, -0.1) is 0 Å². The fourth-order valence-corrected chi connectivity index (χ4v) is 2.67. The van der Waals surface area contributed by atoms with Crippen LogP contribution in [0.3, 0.4) is 0 Å². The Labute approximate surface area is 127 Å². The van der Waals surface area contributed by atoms with Crippen LogP contribution in [0, 0.1) is 12.8 Å². The summed E-state index contributed by atoms with van der Waals surface area (Å²) in [6, 6.07) is 14.7. The maximum absolute atomic E-state index is 6.44. The van der Waals surface area contributed by atoms with E-state index in [1.165, 1.54) is 5.56 Å². The van der Waals surface area contributed by atoms with Crippen molar-refractivity contribution < 1.29 is 4.74 Å². The summed E-state index contributed by atoms with van der Waals surface area (Å²) >= 11 is 0. The fourth-order valence-electron chi connectivity index (χ4n) is 2.67. The van der Waals surface area contributed by atoms with E-state index in [0.29, 0.717) is 5.92 Å². The molecule has 0 aromatic heterocycles. The summed E-state index contributed by atoms with van der Waals surface area (Å²) in [6.07, 6.45) is 1.09. The van der Waals surface area contributed by atoms with E-state index in [0.717, 1.165) is 28.9 Å². The molecule has 0 saturated heterocycles. The Morgan fingerprint density at radius 3 is 2.38 bits per heavy atom. The molecule has 2 aromatic carbocycles. The highest BCUT2D eigenvalue weighted by atomic mass is 16.5. The maximum atomic E-state index is 6.44. The van der Waals surface area contributed by atoms with Gasteiger partial charge in [-0.25, -0.2) is 0 Å². The van der Waals surface area contributed by atoms with Gasteiger partial charge in [-0.05, 0) is 47.6 Å². The highest BCUT2D eigenvalue weighted by Crippen LogP contribution is 2.26. The summed E-state index contributed by atoms with van der Waals surface area (Å²) in [5, 5.41) is 0. The monoisotopic (exact) mass is 283 g/mol. The number of nitrogens with two attached hydrogens (primary N) is 1. The number of hydrogen-bond acceptors (Lipinski definition) is 2. The average Bonchev–Trinajstić information content (AvgIpc) is 2.46. The van der Waals surface area contributed by atoms with Gasteiger partial charge in [0.05, 0.1) is 13.2 Å². The Balaban J connectivity index is 2.27. The number of ether oxygens (including phenoxy) is 1. The molecule has 1 atom stereocenters. The Morgan fingerprint density at radius 1 is 1.05 bits per heavy atom. The van der Waals surface area contributed by atoms with E-state index < -0.39 is 0 Å². The van der Waals surface area contributed by atoms with E-state index in [4.69, 9.17) is 10.5 Å². The minimum atomic E-state index is -0.0956. The molecule has 0 spiro atoms. The van der Waals surface area contributed by atoms with Crippen LogP contribution in [0.5, 0.6) is 5.75 Å². The molecule has 21 heavy (non-hydrogen) atoms. The van der Waals surface area contributed by atoms with Crippen molar-refractivity contribution in [3.63, 3.8) is 0 Å². The van der Waals surface area contributed by atoms with Gasteiger partial charge in [0.1, 0.15) is 5.75 Å². The number of aryl methyl sites for hydroxylation is 1. The van der Waals surface area contributed by atoms with Crippen LogP contribution in [0.4, 0.5) is 0 Å². The standard InChI is InChI=1S/C19H25NO/c1-13(2)10-15-6-5-7-16(12-15)19(20)17-8-9-18(21-4)14(3)11-17/h5-9,11-13,19H,10,20H2,1-4H3. The van der Waals surface area contributed by atoms with Gasteiger partial charge in [0, 0.05) is 0 Å². The predicted molar refractivity (Wildman–Crippen MR) is 88.7 cm³/mol. The Hall–Kier alpha value is -1.80. The van der Waals surface area contributed by atoms with Crippen LogP contribution in [0.1, 0.15) is 42.1 Å². The van der Waals surface area contributed by atoms with Gasteiger partial charge in [0.25, 0.3) is 0 Å². The summed E-state index contributed by atoms with van der Waals surface area (Å²) < 4.78 is 5.31. The van der Waals surface area contributed by atoms with Gasteiger partial charge in [0.2, 0.25) is 0 Å². The number of benzene rings is 2. The van der Waals surface area contributed by atoms with Crippen molar-refractivity contribution >= 4 is 0 Å². The first kappa shape index (κ1) is 15.6. The third-order valence-corrected chi connectivity index (χ3v) is 3.73. The van der Waals surface area contributed by atoms with Crippen LogP contribution in [0.15, 0.2) is 42.5 Å². The van der Waals surface area contributed by atoms with Gasteiger partial charge in [0.15, 0.2) is 0 Å². The van der Waals surface area contributed by atoms with Crippen LogP contribution >= 0.6 is 0 Å². The number of hydrogen-bond donors (Lipinski definition) is 1. The second-order valence-corrected chi connectivity index (χ2v) is 6.05. The third-order valence-electron chi connectivity index (χ3n) is 3.73. The molecule has 0 amide bonds. The predicted octanol–water partition coefficient (Wildman–Crippen LogP) is 4.25. The lowest BCUT2D eigenvalue weighted by Gasteiger charge is -2.16. The van der Waals surface area contributed by atoms with Gasteiger partial charge >= 0.3 is 0 Å². The Morgan fingerprint density at radius 2 is 1.76 bits per heavy atom. The van der Waals surface area contributed by atoms with E-state index in [1.807, 2.05) is 19.1 Å². The summed E-state index contributed by atoms with van der Waals surface area (Å²) in [4.78, 5) is 0. The summed E-state index contributed by atoms with van der Waals surface area (Å²) in [6.45, 7) is 6.52.